The summed E-state index contributed by atoms with van der Waals surface area (Å²) < 4.78 is 2.68. The first kappa shape index (κ1) is 45.6. The fraction of sp³-hybridized carbons (Fsp3) is 0.440. The second-order valence-corrected chi connectivity index (χ2v) is 19.7. The second kappa shape index (κ2) is 18.2. The van der Waals surface area contributed by atoms with Crippen molar-refractivity contribution in [2.24, 2.45) is 16.7 Å². The number of nitrogens with zero attached hydrogens (tertiary/aromatic N) is 1. The Morgan fingerprint density at radius 1 is 0.839 bits per heavy atom. The van der Waals surface area contributed by atoms with Gasteiger partial charge in [-0.1, -0.05) is 117 Å². The summed E-state index contributed by atoms with van der Waals surface area (Å²) in [7, 11) is 0. The van der Waals surface area contributed by atoms with Gasteiger partial charge in [0.05, 0.1) is 0 Å². The van der Waals surface area contributed by atoms with Gasteiger partial charge in [0.2, 0.25) is 0 Å². The van der Waals surface area contributed by atoms with E-state index in [-0.39, 0.29) is 47.9 Å². The normalized spacial score (nSPS) is 12.6. The zero-order valence-electron chi connectivity index (χ0n) is 35.9. The smallest absolute Gasteiger partial charge is 0.164 e. The van der Waals surface area contributed by atoms with Gasteiger partial charge in [-0.25, -0.2) is 0 Å². The standard InChI is InChI=1S/C35H34NS2.C15H28O2.Ir/c1-20(2)16-23-12-13-27-30(17-23)37-22(4)32(27)34-21(3)31-29(38-34)14-15-36-33(31)25-18-24-10-8-9-11-26(24)28(19-25)35(5,6)7;1-7-14(5,8-2)12(16)11-13(17)15(6,9-3)10-4;/h8-15,17,19-20H,16H2,1-7H3;11,16H,7-10H2,1-6H3;/q-1;;/b;12-11-;. The second-order valence-electron chi connectivity index (χ2n) is 17.4. The molecule has 0 aliphatic rings. The molecule has 0 saturated heterocycles. The number of benzene rings is 3. The van der Waals surface area contributed by atoms with Crippen LogP contribution in [0.2, 0.25) is 0 Å². The molecule has 3 heterocycles. The van der Waals surface area contributed by atoms with Crippen molar-refractivity contribution in [2.75, 3.05) is 0 Å². The van der Waals surface area contributed by atoms with E-state index in [2.05, 4.69) is 109 Å². The first-order valence-corrected chi connectivity index (χ1v) is 21.9. The van der Waals surface area contributed by atoms with Crippen molar-refractivity contribution in [1.82, 2.24) is 4.98 Å². The maximum absolute atomic E-state index is 12.2. The molecule has 0 aliphatic carbocycles. The number of thiophene rings is 2. The summed E-state index contributed by atoms with van der Waals surface area (Å²) in [6.07, 6.45) is 7.84. The van der Waals surface area contributed by atoms with E-state index in [0.717, 1.165) is 48.7 Å². The van der Waals surface area contributed by atoms with E-state index in [9.17, 15) is 9.90 Å². The third-order valence-electron chi connectivity index (χ3n) is 12.1. The Bertz CT molecular complexity index is 2340. The van der Waals surface area contributed by atoms with Crippen molar-refractivity contribution >= 4 is 59.4 Å². The molecule has 6 rings (SSSR count). The van der Waals surface area contributed by atoms with E-state index in [1.165, 1.54) is 63.6 Å². The summed E-state index contributed by atoms with van der Waals surface area (Å²) >= 11 is 3.83. The van der Waals surface area contributed by atoms with Crippen LogP contribution < -0.4 is 0 Å². The van der Waals surface area contributed by atoms with Crippen LogP contribution in [0.4, 0.5) is 0 Å². The Labute approximate surface area is 358 Å². The Morgan fingerprint density at radius 3 is 2.09 bits per heavy atom. The van der Waals surface area contributed by atoms with Crippen LogP contribution in [-0.4, -0.2) is 15.9 Å². The van der Waals surface area contributed by atoms with Crippen LogP contribution >= 0.6 is 22.7 Å². The van der Waals surface area contributed by atoms with Gasteiger partial charge in [-0.3, -0.25) is 9.78 Å². The number of hydrogen-bond acceptors (Lipinski definition) is 5. The predicted octanol–water partition coefficient (Wildman–Crippen LogP) is 15.6. The van der Waals surface area contributed by atoms with Crippen LogP contribution in [0.1, 0.15) is 123 Å². The molecule has 0 saturated carbocycles. The Hall–Kier alpha value is -3.15. The van der Waals surface area contributed by atoms with E-state index in [4.69, 9.17) is 4.98 Å². The fourth-order valence-corrected chi connectivity index (χ4v) is 9.96. The van der Waals surface area contributed by atoms with Crippen LogP contribution in [0.5, 0.6) is 0 Å². The average Bonchev–Trinajstić information content (AvgIpc) is 3.67. The van der Waals surface area contributed by atoms with Crippen LogP contribution in [0.3, 0.4) is 0 Å². The molecule has 0 amide bonds. The van der Waals surface area contributed by atoms with E-state index in [1.807, 2.05) is 70.4 Å². The van der Waals surface area contributed by atoms with E-state index >= 15 is 0 Å². The van der Waals surface area contributed by atoms with E-state index in [0.29, 0.717) is 5.92 Å². The van der Waals surface area contributed by atoms with Gasteiger partial charge in [0.15, 0.2) is 5.78 Å². The molecule has 0 unspecified atom stereocenters. The molecule has 3 aromatic carbocycles. The Balaban J connectivity index is 0.000000330. The maximum atomic E-state index is 12.2. The van der Waals surface area contributed by atoms with Crippen LogP contribution in [0.15, 0.2) is 72.6 Å². The Kier molecular flexibility index (Phi) is 14.8. The predicted molar refractivity (Wildman–Crippen MR) is 242 cm³/mol. The van der Waals surface area contributed by atoms with Crippen molar-refractivity contribution in [1.29, 1.82) is 0 Å². The number of aryl methyl sites for hydroxylation is 2. The first-order chi connectivity index (χ1) is 25.9. The number of carbonyl (C=O) groups excluding carboxylic acids is 1. The molecule has 0 bridgehead atoms. The van der Waals surface area contributed by atoms with Crippen molar-refractivity contribution in [3.63, 3.8) is 0 Å². The van der Waals surface area contributed by atoms with Gasteiger partial charge in [0.25, 0.3) is 0 Å². The molecule has 6 heteroatoms. The summed E-state index contributed by atoms with van der Waals surface area (Å²) in [6.45, 7) is 28.1. The average molecular weight is 965 g/mol. The SMILES string of the molecule is CCC(C)(CC)C(=O)/C=C(\O)C(C)(CC)CC.Cc1sc2cc(CC(C)C)ccc2c1-c1sc2ccnc(-c3[c-]c4ccccc4c(C(C)(C)C)c3)c2c1C.[Ir]. The zero-order chi connectivity index (χ0) is 40.5. The van der Waals surface area contributed by atoms with E-state index in [1.54, 1.807) is 0 Å². The largest absolute Gasteiger partial charge is 0.512 e. The molecule has 0 spiro atoms. The number of pyridine rings is 1. The molecule has 3 nitrogen and oxygen atoms in total. The van der Waals surface area contributed by atoms with Gasteiger partial charge in [-0.15, -0.1) is 51.8 Å². The third kappa shape index (κ3) is 9.25. The molecule has 1 radical (unpaired) electrons. The summed E-state index contributed by atoms with van der Waals surface area (Å²) in [5.74, 6) is 0.947. The molecule has 0 atom stereocenters. The van der Waals surface area contributed by atoms with Gasteiger partial charge in [0, 0.05) is 79.0 Å². The number of aliphatic hydroxyl groups excluding tert-OH is 1. The van der Waals surface area contributed by atoms with Crippen molar-refractivity contribution in [2.45, 2.75) is 128 Å². The van der Waals surface area contributed by atoms with Gasteiger partial charge >= 0.3 is 0 Å². The number of hydrogen-bond donors (Lipinski definition) is 1. The molecular formula is C50H62IrNO2S2-. The van der Waals surface area contributed by atoms with Gasteiger partial charge < -0.3 is 5.11 Å². The zero-order valence-corrected chi connectivity index (χ0v) is 39.9. The molecule has 1 N–H and O–H groups in total. The van der Waals surface area contributed by atoms with Gasteiger partial charge in [-0.2, -0.15) is 0 Å². The summed E-state index contributed by atoms with van der Waals surface area (Å²) in [6, 6.07) is 23.9. The van der Waals surface area contributed by atoms with Crippen molar-refractivity contribution in [3.8, 4) is 21.7 Å². The number of allylic oxidation sites excluding steroid dienone is 2. The maximum Gasteiger partial charge on any atom is 0.164 e. The molecule has 0 fully saturated rings. The van der Waals surface area contributed by atoms with Crippen molar-refractivity contribution < 1.29 is 30.0 Å². The molecule has 6 aromatic rings. The summed E-state index contributed by atoms with van der Waals surface area (Å²) in [5.41, 5.74) is 7.02. The summed E-state index contributed by atoms with van der Waals surface area (Å²) in [5, 5.41) is 15.2. The monoisotopic (exact) mass is 965 g/mol. The minimum Gasteiger partial charge on any atom is -0.512 e. The molecule has 301 valence electrons. The fourth-order valence-electron chi connectivity index (χ4n) is 7.44. The minimum absolute atomic E-state index is 0. The van der Waals surface area contributed by atoms with Crippen molar-refractivity contribution in [3.05, 3.63) is 100 Å². The van der Waals surface area contributed by atoms with E-state index < -0.39 is 0 Å². The van der Waals surface area contributed by atoms with Crippen LogP contribution in [0, 0.1) is 36.7 Å². The van der Waals surface area contributed by atoms with Gasteiger partial charge in [-0.05, 0) is 85.9 Å². The molecule has 3 aromatic heterocycles. The number of fused-ring (bicyclic) bond motifs is 3. The quantitative estimate of drug-likeness (QED) is 0.0800. The number of ketones is 1. The molecule has 0 aliphatic heterocycles. The Morgan fingerprint density at radius 2 is 1.48 bits per heavy atom. The minimum atomic E-state index is -0.337. The number of carbonyl (C=O) groups is 1. The number of rotatable bonds is 11. The third-order valence-corrected chi connectivity index (χ3v) is 14.4. The first-order valence-electron chi connectivity index (χ1n) is 20.2. The molecular weight excluding hydrogens is 903 g/mol. The van der Waals surface area contributed by atoms with Gasteiger partial charge in [0.1, 0.15) is 5.76 Å². The number of aromatic nitrogens is 1. The summed E-state index contributed by atoms with van der Waals surface area (Å²) in [4.78, 5) is 19.9. The topological polar surface area (TPSA) is 50.2 Å². The van der Waals surface area contributed by atoms with Crippen LogP contribution in [-0.2, 0) is 36.7 Å². The van der Waals surface area contributed by atoms with Crippen LogP contribution in [0.25, 0.3) is 52.6 Å². The number of aliphatic hydroxyl groups is 1. The molecule has 56 heavy (non-hydrogen) atoms.